The first-order valence-corrected chi connectivity index (χ1v) is 13.2. The summed E-state index contributed by atoms with van der Waals surface area (Å²) in [7, 11) is 0. The molecule has 0 amide bonds. The molecule has 0 aromatic carbocycles. The third-order valence-electron chi connectivity index (χ3n) is 5.75. The minimum atomic E-state index is -0.642. The van der Waals surface area contributed by atoms with Gasteiger partial charge in [0.05, 0.1) is 6.10 Å². The normalized spacial score (nSPS) is 13.7. The largest absolute Gasteiger partial charge is 0.380 e. The molecule has 0 aliphatic heterocycles. The van der Waals surface area contributed by atoms with Crippen molar-refractivity contribution in [1.82, 2.24) is 0 Å². The molecule has 0 fully saturated rings. The van der Waals surface area contributed by atoms with Crippen LogP contribution in [0.1, 0.15) is 142 Å². The first-order valence-electron chi connectivity index (χ1n) is 12.7. The van der Waals surface area contributed by atoms with Crippen LogP contribution in [0.2, 0.25) is 0 Å². The molecular formula is C25H52O2S. The number of ether oxygens (including phenoxy) is 1. The predicted octanol–water partition coefficient (Wildman–Crippen LogP) is 8.46. The van der Waals surface area contributed by atoms with Gasteiger partial charge in [0.25, 0.3) is 0 Å². The molecule has 0 radical (unpaired) electrons. The summed E-state index contributed by atoms with van der Waals surface area (Å²) in [5.74, 6) is 0. The van der Waals surface area contributed by atoms with Gasteiger partial charge < -0.3 is 9.84 Å². The van der Waals surface area contributed by atoms with Crippen LogP contribution in [0.3, 0.4) is 0 Å². The molecule has 1 N–H and O–H groups in total. The Kier molecular flexibility index (Phi) is 23.8. The predicted molar refractivity (Wildman–Crippen MR) is 128 cm³/mol. The lowest BCUT2D eigenvalue weighted by Crippen LogP contribution is -2.25. The Labute approximate surface area is 183 Å². The van der Waals surface area contributed by atoms with Gasteiger partial charge >= 0.3 is 0 Å². The molecule has 2 unspecified atom stereocenters. The summed E-state index contributed by atoms with van der Waals surface area (Å²) in [6, 6.07) is 0. The Morgan fingerprint density at radius 1 is 0.571 bits per heavy atom. The van der Waals surface area contributed by atoms with Crippen LogP contribution in [0.15, 0.2) is 0 Å². The number of aliphatic hydroxyl groups is 1. The Morgan fingerprint density at radius 3 is 1.32 bits per heavy atom. The Balaban J connectivity index is 3.44. The van der Waals surface area contributed by atoms with Crippen LogP contribution < -0.4 is 0 Å². The topological polar surface area (TPSA) is 29.5 Å². The molecule has 0 aromatic rings. The molecule has 170 valence electrons. The van der Waals surface area contributed by atoms with Gasteiger partial charge in [-0.05, 0) is 12.8 Å². The van der Waals surface area contributed by atoms with Gasteiger partial charge in [-0.15, -0.1) is 12.6 Å². The molecule has 3 heteroatoms. The standard InChI is InChI=1S/C25H52O2S/c1-3-5-7-9-11-13-14-16-18-20-22-24(25(26)28)27-23-21-19-17-15-12-10-8-6-4-2/h24-26,28H,3-23H2,1-2H3. The van der Waals surface area contributed by atoms with Crippen LogP contribution >= 0.6 is 12.6 Å². The van der Waals surface area contributed by atoms with E-state index in [0.717, 1.165) is 25.9 Å². The van der Waals surface area contributed by atoms with E-state index in [0.29, 0.717) is 0 Å². The number of rotatable bonds is 23. The zero-order valence-corrected chi connectivity index (χ0v) is 20.2. The van der Waals surface area contributed by atoms with Crippen LogP contribution in [0, 0.1) is 0 Å². The quantitative estimate of drug-likeness (QED) is 0.0993. The van der Waals surface area contributed by atoms with Crippen molar-refractivity contribution >= 4 is 12.6 Å². The average Bonchev–Trinajstić information content (AvgIpc) is 2.68. The smallest absolute Gasteiger partial charge is 0.123 e. The van der Waals surface area contributed by atoms with Gasteiger partial charge in [0.1, 0.15) is 5.44 Å². The van der Waals surface area contributed by atoms with Crippen LogP contribution in [-0.2, 0) is 4.74 Å². The van der Waals surface area contributed by atoms with Crippen molar-refractivity contribution in [3.63, 3.8) is 0 Å². The maximum Gasteiger partial charge on any atom is 0.123 e. The van der Waals surface area contributed by atoms with Gasteiger partial charge in [-0.3, -0.25) is 0 Å². The summed E-state index contributed by atoms with van der Waals surface area (Å²) in [6.07, 6.45) is 26.2. The van der Waals surface area contributed by atoms with Crippen molar-refractivity contribution in [1.29, 1.82) is 0 Å². The number of hydrogen-bond acceptors (Lipinski definition) is 3. The second-order valence-corrected chi connectivity index (χ2v) is 9.15. The SMILES string of the molecule is CCCCCCCCCCCCC(OCCCCCCCCCCC)C(O)S. The van der Waals surface area contributed by atoms with E-state index < -0.39 is 5.44 Å². The van der Waals surface area contributed by atoms with Crippen molar-refractivity contribution in [2.24, 2.45) is 0 Å². The monoisotopic (exact) mass is 416 g/mol. The summed E-state index contributed by atoms with van der Waals surface area (Å²) in [5, 5.41) is 9.84. The fourth-order valence-electron chi connectivity index (χ4n) is 3.80. The highest BCUT2D eigenvalue weighted by atomic mass is 32.1. The molecule has 2 atom stereocenters. The number of unbranched alkanes of at least 4 members (excludes halogenated alkanes) is 17. The summed E-state index contributed by atoms with van der Waals surface area (Å²) < 4.78 is 5.92. The first-order chi connectivity index (χ1) is 13.7. The van der Waals surface area contributed by atoms with Crippen molar-refractivity contribution in [3.05, 3.63) is 0 Å². The minimum Gasteiger partial charge on any atom is -0.380 e. The van der Waals surface area contributed by atoms with E-state index in [1.807, 2.05) is 0 Å². The molecule has 0 spiro atoms. The molecule has 0 heterocycles. The van der Waals surface area contributed by atoms with E-state index in [4.69, 9.17) is 4.74 Å². The summed E-state index contributed by atoms with van der Waals surface area (Å²) in [5.41, 5.74) is -0.642. The zero-order chi connectivity index (χ0) is 20.7. The lowest BCUT2D eigenvalue weighted by Gasteiger charge is -2.20. The third kappa shape index (κ3) is 21.0. The summed E-state index contributed by atoms with van der Waals surface area (Å²) >= 11 is 4.22. The lowest BCUT2D eigenvalue weighted by molar-refractivity contribution is -0.00796. The molecule has 0 aliphatic rings. The van der Waals surface area contributed by atoms with E-state index in [2.05, 4.69) is 26.5 Å². The molecule has 0 bridgehead atoms. The van der Waals surface area contributed by atoms with E-state index in [9.17, 15) is 5.11 Å². The second kappa shape index (κ2) is 23.5. The third-order valence-corrected chi connectivity index (χ3v) is 6.09. The van der Waals surface area contributed by atoms with Crippen LogP contribution in [0.25, 0.3) is 0 Å². The van der Waals surface area contributed by atoms with Gasteiger partial charge in [0.15, 0.2) is 0 Å². The number of aliphatic hydroxyl groups excluding tert-OH is 1. The minimum absolute atomic E-state index is 0.0913. The molecule has 2 nitrogen and oxygen atoms in total. The second-order valence-electron chi connectivity index (χ2n) is 8.62. The summed E-state index contributed by atoms with van der Waals surface area (Å²) in [4.78, 5) is 0. The van der Waals surface area contributed by atoms with E-state index >= 15 is 0 Å². The Morgan fingerprint density at radius 2 is 0.929 bits per heavy atom. The lowest BCUT2D eigenvalue weighted by atomic mass is 10.0. The van der Waals surface area contributed by atoms with Gasteiger partial charge in [-0.1, -0.05) is 129 Å². The maximum atomic E-state index is 9.84. The number of thiol groups is 1. The van der Waals surface area contributed by atoms with Crippen molar-refractivity contribution < 1.29 is 9.84 Å². The van der Waals surface area contributed by atoms with Gasteiger partial charge in [0, 0.05) is 6.61 Å². The van der Waals surface area contributed by atoms with Crippen LogP contribution in [0.5, 0.6) is 0 Å². The average molecular weight is 417 g/mol. The zero-order valence-electron chi connectivity index (χ0n) is 19.3. The highest BCUT2D eigenvalue weighted by Crippen LogP contribution is 2.17. The van der Waals surface area contributed by atoms with Crippen LogP contribution in [-0.4, -0.2) is 23.3 Å². The van der Waals surface area contributed by atoms with Crippen molar-refractivity contribution in [2.45, 2.75) is 154 Å². The summed E-state index contributed by atoms with van der Waals surface area (Å²) in [6.45, 7) is 5.32. The molecule has 28 heavy (non-hydrogen) atoms. The highest BCUT2D eigenvalue weighted by Gasteiger charge is 2.15. The first kappa shape index (κ1) is 28.3. The van der Waals surface area contributed by atoms with E-state index in [-0.39, 0.29) is 6.10 Å². The maximum absolute atomic E-state index is 9.84. The molecular weight excluding hydrogens is 364 g/mol. The van der Waals surface area contributed by atoms with Crippen molar-refractivity contribution in [3.8, 4) is 0 Å². The Hall–Kier alpha value is 0.270. The van der Waals surface area contributed by atoms with Gasteiger partial charge in [-0.2, -0.15) is 0 Å². The molecule has 0 saturated heterocycles. The molecule has 0 saturated carbocycles. The fraction of sp³-hybridized carbons (Fsp3) is 1.00. The number of hydrogen-bond donors (Lipinski definition) is 2. The van der Waals surface area contributed by atoms with E-state index in [1.165, 1.54) is 109 Å². The van der Waals surface area contributed by atoms with Crippen molar-refractivity contribution in [2.75, 3.05) is 6.61 Å². The fourth-order valence-corrected chi connectivity index (χ4v) is 4.03. The Bertz CT molecular complexity index is 260. The van der Waals surface area contributed by atoms with Gasteiger partial charge in [0.2, 0.25) is 0 Å². The molecule has 0 rings (SSSR count). The van der Waals surface area contributed by atoms with E-state index in [1.54, 1.807) is 0 Å². The van der Waals surface area contributed by atoms with Gasteiger partial charge in [-0.25, -0.2) is 0 Å². The van der Waals surface area contributed by atoms with Crippen LogP contribution in [0.4, 0.5) is 0 Å². The molecule has 0 aliphatic carbocycles. The molecule has 0 aromatic heterocycles. The highest BCUT2D eigenvalue weighted by molar-refractivity contribution is 7.80.